The van der Waals surface area contributed by atoms with Crippen LogP contribution in [0.15, 0.2) is 28.7 Å². The van der Waals surface area contributed by atoms with Gasteiger partial charge >= 0.3 is 0 Å². The van der Waals surface area contributed by atoms with Gasteiger partial charge in [-0.25, -0.2) is 8.42 Å². The summed E-state index contributed by atoms with van der Waals surface area (Å²) in [5, 5.41) is 8.36. The third-order valence-corrected chi connectivity index (χ3v) is 6.95. The van der Waals surface area contributed by atoms with Crippen molar-refractivity contribution in [1.29, 1.82) is 0 Å². The zero-order chi connectivity index (χ0) is 17.4. The first kappa shape index (κ1) is 17.0. The van der Waals surface area contributed by atoms with Crippen molar-refractivity contribution in [3.8, 4) is 0 Å². The lowest BCUT2D eigenvalue weighted by molar-refractivity contribution is -0.0175. The molecule has 2 aromatic rings. The molecule has 9 heteroatoms. The second-order valence-electron chi connectivity index (χ2n) is 6.16. The molecule has 3 heterocycles. The maximum atomic E-state index is 11.8. The van der Waals surface area contributed by atoms with Gasteiger partial charge in [0.25, 0.3) is 0 Å². The van der Waals surface area contributed by atoms with Crippen molar-refractivity contribution in [2.75, 3.05) is 31.7 Å². The minimum atomic E-state index is -3.26. The summed E-state index contributed by atoms with van der Waals surface area (Å²) in [6, 6.07) is 8.29. The highest BCUT2D eigenvalue weighted by molar-refractivity contribution is 7.99. The van der Waals surface area contributed by atoms with E-state index in [4.69, 9.17) is 9.15 Å². The molecule has 0 bridgehead atoms. The third-order valence-electron chi connectivity index (χ3n) is 4.45. The molecule has 0 aliphatic carbocycles. The van der Waals surface area contributed by atoms with Gasteiger partial charge in [-0.05, 0) is 23.3 Å². The van der Waals surface area contributed by atoms with E-state index in [2.05, 4.69) is 22.3 Å². The summed E-state index contributed by atoms with van der Waals surface area (Å²) >= 11 is 1.78. The maximum Gasteiger partial charge on any atom is 0.246 e. The number of sulfonamides is 1. The Balaban J connectivity index is 1.57. The number of rotatable bonds is 3. The van der Waals surface area contributed by atoms with E-state index in [1.54, 1.807) is 11.8 Å². The smallest absolute Gasteiger partial charge is 0.246 e. The van der Waals surface area contributed by atoms with Crippen LogP contribution in [0.25, 0.3) is 0 Å². The Kier molecular flexibility index (Phi) is 4.57. The van der Waals surface area contributed by atoms with Crippen molar-refractivity contribution < 1.29 is 17.6 Å². The molecule has 1 aromatic carbocycles. The lowest BCUT2D eigenvalue weighted by atomic mass is 10.0. The van der Waals surface area contributed by atoms with Crippen molar-refractivity contribution in [3.05, 3.63) is 47.2 Å². The van der Waals surface area contributed by atoms with E-state index in [0.29, 0.717) is 24.9 Å². The summed E-state index contributed by atoms with van der Waals surface area (Å²) in [5.74, 6) is 1.89. The van der Waals surface area contributed by atoms with Crippen molar-refractivity contribution in [2.45, 2.75) is 17.8 Å². The summed E-state index contributed by atoms with van der Waals surface area (Å²) < 4.78 is 36.4. The highest BCUT2D eigenvalue weighted by Crippen LogP contribution is 2.41. The summed E-state index contributed by atoms with van der Waals surface area (Å²) in [5.41, 5.74) is 2.51. The number of hydrogen-bond donors (Lipinski definition) is 0. The van der Waals surface area contributed by atoms with Gasteiger partial charge in [0.2, 0.25) is 21.8 Å². The second-order valence-corrected chi connectivity index (χ2v) is 9.35. The molecule has 25 heavy (non-hydrogen) atoms. The molecule has 134 valence electrons. The summed E-state index contributed by atoms with van der Waals surface area (Å²) in [6.45, 7) is 0.869. The standard InChI is InChI=1S/C16H19N3O4S2/c1-25(20,21)19-7-8-22-13(10-19)15-17-18-16(23-15)14-12-5-3-2-4-11(12)6-9-24-14/h2-5,13-14H,6-10H2,1H3/t13-,14+/m0/s1. The molecule has 0 spiro atoms. The molecule has 0 radical (unpaired) electrons. The van der Waals surface area contributed by atoms with Crippen LogP contribution in [-0.2, 0) is 21.2 Å². The van der Waals surface area contributed by atoms with Gasteiger partial charge in [-0.1, -0.05) is 24.3 Å². The van der Waals surface area contributed by atoms with Crippen LogP contribution in [0.5, 0.6) is 0 Å². The van der Waals surface area contributed by atoms with Crippen LogP contribution >= 0.6 is 11.8 Å². The average Bonchev–Trinajstić information content (AvgIpc) is 3.10. The Bertz CT molecular complexity index is 868. The van der Waals surface area contributed by atoms with Gasteiger partial charge < -0.3 is 9.15 Å². The van der Waals surface area contributed by atoms with E-state index in [0.717, 1.165) is 12.2 Å². The number of thioether (sulfide) groups is 1. The topological polar surface area (TPSA) is 85.5 Å². The first-order valence-corrected chi connectivity index (χ1v) is 11.0. The molecular weight excluding hydrogens is 362 g/mol. The number of aromatic nitrogens is 2. The van der Waals surface area contributed by atoms with Crippen molar-refractivity contribution >= 4 is 21.8 Å². The molecule has 1 aromatic heterocycles. The van der Waals surface area contributed by atoms with E-state index >= 15 is 0 Å². The molecule has 2 aliphatic rings. The molecular formula is C16H19N3O4S2. The van der Waals surface area contributed by atoms with E-state index in [9.17, 15) is 8.42 Å². The van der Waals surface area contributed by atoms with Crippen LogP contribution in [0.3, 0.4) is 0 Å². The summed E-state index contributed by atoms with van der Waals surface area (Å²) in [6.07, 6.45) is 1.71. The van der Waals surface area contributed by atoms with Crippen LogP contribution in [0.1, 0.15) is 34.3 Å². The number of morpholine rings is 1. The maximum absolute atomic E-state index is 11.8. The molecule has 1 fully saturated rings. The van der Waals surface area contributed by atoms with E-state index in [-0.39, 0.29) is 11.8 Å². The van der Waals surface area contributed by atoms with Gasteiger partial charge in [-0.15, -0.1) is 22.0 Å². The molecule has 4 rings (SSSR count). The summed E-state index contributed by atoms with van der Waals surface area (Å²) in [7, 11) is -3.26. The number of aryl methyl sites for hydroxylation is 1. The number of ether oxygens (including phenoxy) is 1. The van der Waals surface area contributed by atoms with E-state index in [1.807, 2.05) is 12.1 Å². The normalized spacial score (nSPS) is 24.8. The zero-order valence-electron chi connectivity index (χ0n) is 13.8. The van der Waals surface area contributed by atoms with E-state index in [1.165, 1.54) is 21.7 Å². The van der Waals surface area contributed by atoms with Crippen molar-refractivity contribution in [2.24, 2.45) is 0 Å². The molecule has 2 atom stereocenters. The Labute approximate surface area is 150 Å². The molecule has 7 nitrogen and oxygen atoms in total. The SMILES string of the molecule is CS(=O)(=O)N1CCO[C@H](c2nnc([C@@H]3SCCc4ccccc43)o2)C1. The largest absolute Gasteiger partial charge is 0.421 e. The summed E-state index contributed by atoms with van der Waals surface area (Å²) in [4.78, 5) is 0. The Hall–Kier alpha value is -1.42. The minimum absolute atomic E-state index is 0.0146. The van der Waals surface area contributed by atoms with Crippen molar-refractivity contribution in [1.82, 2.24) is 14.5 Å². The lowest BCUT2D eigenvalue weighted by Crippen LogP contribution is -2.41. The predicted molar refractivity (Wildman–Crippen MR) is 93.9 cm³/mol. The number of hydrogen-bond acceptors (Lipinski definition) is 7. The fourth-order valence-electron chi connectivity index (χ4n) is 3.16. The van der Waals surface area contributed by atoms with Gasteiger partial charge in [-0.3, -0.25) is 0 Å². The van der Waals surface area contributed by atoms with Crippen LogP contribution in [-0.4, -0.2) is 54.6 Å². The Morgan fingerprint density at radius 1 is 1.24 bits per heavy atom. The Morgan fingerprint density at radius 2 is 2.04 bits per heavy atom. The second kappa shape index (κ2) is 6.71. The monoisotopic (exact) mass is 381 g/mol. The van der Waals surface area contributed by atoms with Gasteiger partial charge in [0.15, 0.2) is 0 Å². The third kappa shape index (κ3) is 3.46. The molecule has 0 unspecified atom stereocenters. The van der Waals surface area contributed by atoms with Gasteiger partial charge in [-0.2, -0.15) is 4.31 Å². The van der Waals surface area contributed by atoms with E-state index < -0.39 is 16.1 Å². The number of benzene rings is 1. The van der Waals surface area contributed by atoms with Crippen LogP contribution < -0.4 is 0 Å². The minimum Gasteiger partial charge on any atom is -0.421 e. The average molecular weight is 381 g/mol. The lowest BCUT2D eigenvalue weighted by Gasteiger charge is -2.29. The molecule has 0 N–H and O–H groups in total. The first-order valence-electron chi connectivity index (χ1n) is 8.12. The molecule has 0 amide bonds. The fourth-order valence-corrected chi connectivity index (χ4v) is 5.19. The predicted octanol–water partition coefficient (Wildman–Crippen LogP) is 1.78. The fraction of sp³-hybridized carbons (Fsp3) is 0.500. The van der Waals surface area contributed by atoms with Gasteiger partial charge in [0.1, 0.15) is 11.4 Å². The van der Waals surface area contributed by atoms with Crippen LogP contribution in [0.4, 0.5) is 0 Å². The number of fused-ring (bicyclic) bond motifs is 1. The zero-order valence-corrected chi connectivity index (χ0v) is 15.4. The Morgan fingerprint density at radius 3 is 2.88 bits per heavy atom. The molecule has 2 aliphatic heterocycles. The van der Waals surface area contributed by atoms with Crippen molar-refractivity contribution in [3.63, 3.8) is 0 Å². The number of nitrogens with zero attached hydrogens (tertiary/aromatic N) is 3. The van der Waals surface area contributed by atoms with Crippen LogP contribution in [0.2, 0.25) is 0 Å². The highest BCUT2D eigenvalue weighted by atomic mass is 32.2. The van der Waals surface area contributed by atoms with Crippen LogP contribution in [0, 0.1) is 0 Å². The highest BCUT2D eigenvalue weighted by Gasteiger charge is 2.33. The van der Waals surface area contributed by atoms with Gasteiger partial charge in [0, 0.05) is 13.1 Å². The molecule has 0 saturated carbocycles. The quantitative estimate of drug-likeness (QED) is 0.801. The van der Waals surface area contributed by atoms with Gasteiger partial charge in [0.05, 0.1) is 12.9 Å². The molecule has 1 saturated heterocycles. The first-order chi connectivity index (χ1) is 12.0.